The molecule has 0 saturated carbocycles. The van der Waals surface area contributed by atoms with Crippen LogP contribution in [0.25, 0.3) is 0 Å². The minimum atomic E-state index is -1.55. The van der Waals surface area contributed by atoms with E-state index in [-0.39, 0.29) is 22.6 Å². The predicted molar refractivity (Wildman–Crippen MR) is 81.3 cm³/mol. The summed E-state index contributed by atoms with van der Waals surface area (Å²) in [5, 5.41) is 0. The molecule has 1 aromatic carbocycles. The summed E-state index contributed by atoms with van der Waals surface area (Å²) < 4.78 is 19.3. The maximum atomic E-state index is 12.2. The highest BCUT2D eigenvalue weighted by Gasteiger charge is 2.36. The van der Waals surface area contributed by atoms with E-state index in [1.165, 1.54) is 26.4 Å². The molecule has 0 amide bonds. The smallest absolute Gasteiger partial charge is 0.375 e. The zero-order chi connectivity index (χ0) is 18.4. The fourth-order valence-electron chi connectivity index (χ4n) is 2.20. The lowest BCUT2D eigenvalue weighted by molar-refractivity contribution is -0.153. The van der Waals surface area contributed by atoms with Gasteiger partial charge >= 0.3 is 11.9 Å². The van der Waals surface area contributed by atoms with Gasteiger partial charge in [0.2, 0.25) is 0 Å². The van der Waals surface area contributed by atoms with Crippen molar-refractivity contribution in [2.45, 2.75) is 12.8 Å². The van der Waals surface area contributed by atoms with E-state index in [1.54, 1.807) is 0 Å². The van der Waals surface area contributed by atoms with E-state index in [9.17, 15) is 19.2 Å². The van der Waals surface area contributed by atoms with Gasteiger partial charge in [0.05, 0.1) is 28.4 Å². The van der Waals surface area contributed by atoms with Crippen LogP contribution in [0.5, 0.6) is 11.5 Å². The topological polar surface area (TPSA) is 105 Å². The molecule has 0 aliphatic heterocycles. The Morgan fingerprint density at radius 1 is 0.917 bits per heavy atom. The van der Waals surface area contributed by atoms with Crippen LogP contribution in [-0.4, -0.2) is 51.9 Å². The van der Waals surface area contributed by atoms with Gasteiger partial charge in [0.1, 0.15) is 28.8 Å². The van der Waals surface area contributed by atoms with Gasteiger partial charge in [-0.3, -0.25) is 9.59 Å². The Labute approximate surface area is 138 Å². The van der Waals surface area contributed by atoms with Gasteiger partial charge < -0.3 is 18.9 Å². The number of ketones is 2. The Balaban J connectivity index is 3.73. The predicted octanol–water partition coefficient (Wildman–Crippen LogP) is 0.905. The van der Waals surface area contributed by atoms with Crippen LogP contribution in [0.2, 0.25) is 0 Å². The van der Waals surface area contributed by atoms with Crippen LogP contribution in [-0.2, 0) is 23.9 Å². The van der Waals surface area contributed by atoms with E-state index < -0.39 is 29.4 Å². The number of methoxy groups -OCH3 is 4. The second kappa shape index (κ2) is 8.09. The summed E-state index contributed by atoms with van der Waals surface area (Å²) in [6, 6.07) is 2.71. The summed E-state index contributed by atoms with van der Waals surface area (Å²) >= 11 is 0. The number of hydrogen-bond donors (Lipinski definition) is 0. The lowest BCUT2D eigenvalue weighted by Crippen LogP contribution is -2.29. The third-order valence-corrected chi connectivity index (χ3v) is 3.32. The molecule has 8 heteroatoms. The number of carbonyl (C=O) groups is 4. The molecule has 24 heavy (non-hydrogen) atoms. The van der Waals surface area contributed by atoms with E-state index in [2.05, 4.69) is 4.74 Å². The highest BCUT2D eigenvalue weighted by atomic mass is 16.5. The van der Waals surface area contributed by atoms with Gasteiger partial charge in [-0.25, -0.2) is 9.59 Å². The van der Waals surface area contributed by atoms with Gasteiger partial charge in [0.25, 0.3) is 5.78 Å². The van der Waals surface area contributed by atoms with Crippen molar-refractivity contribution in [3.63, 3.8) is 0 Å². The summed E-state index contributed by atoms with van der Waals surface area (Å²) in [5.41, 5.74) is -0.195. The number of rotatable bonds is 7. The quantitative estimate of drug-likeness (QED) is 0.410. The second-order valence-electron chi connectivity index (χ2n) is 4.68. The van der Waals surface area contributed by atoms with Crippen molar-refractivity contribution in [1.82, 2.24) is 0 Å². The van der Waals surface area contributed by atoms with Gasteiger partial charge in [-0.2, -0.15) is 0 Å². The lowest BCUT2D eigenvalue weighted by Gasteiger charge is -2.18. The first kappa shape index (κ1) is 19.1. The van der Waals surface area contributed by atoms with Gasteiger partial charge in [-0.1, -0.05) is 0 Å². The average Bonchev–Trinajstić information content (AvgIpc) is 2.58. The Hall–Kier alpha value is -2.90. The molecular formula is C16H18O8. The van der Waals surface area contributed by atoms with Crippen LogP contribution in [0.3, 0.4) is 0 Å². The SMILES string of the molecule is COC(=O)C(=O)C(C(C)=O)c1cc(OC)cc(OC)c1C(=O)OC. The third-order valence-electron chi connectivity index (χ3n) is 3.32. The summed E-state index contributed by atoms with van der Waals surface area (Å²) in [4.78, 5) is 48.0. The number of benzene rings is 1. The van der Waals surface area contributed by atoms with Crippen molar-refractivity contribution in [3.05, 3.63) is 23.3 Å². The third kappa shape index (κ3) is 3.70. The molecular weight excluding hydrogens is 320 g/mol. The highest BCUT2D eigenvalue weighted by Crippen LogP contribution is 2.35. The van der Waals surface area contributed by atoms with E-state index in [0.29, 0.717) is 0 Å². The monoisotopic (exact) mass is 338 g/mol. The average molecular weight is 338 g/mol. The van der Waals surface area contributed by atoms with E-state index in [4.69, 9.17) is 14.2 Å². The minimum absolute atomic E-state index is 0.0418. The molecule has 130 valence electrons. The zero-order valence-electron chi connectivity index (χ0n) is 14.0. The Bertz CT molecular complexity index is 677. The van der Waals surface area contributed by atoms with Gasteiger partial charge in [0.15, 0.2) is 0 Å². The maximum Gasteiger partial charge on any atom is 0.375 e. The molecule has 1 aromatic rings. The standard InChI is InChI=1S/C16H18O8/c1-8(17)12(14(18)16(20)24-5)10-6-9(21-2)7-11(22-3)13(10)15(19)23-4/h6-7,12H,1-5H3. The first-order chi connectivity index (χ1) is 11.3. The summed E-state index contributed by atoms with van der Waals surface area (Å²) in [6.45, 7) is 1.12. The molecule has 1 unspecified atom stereocenters. The van der Waals surface area contributed by atoms with Crippen LogP contribution in [0.1, 0.15) is 28.8 Å². The van der Waals surface area contributed by atoms with Crippen LogP contribution >= 0.6 is 0 Å². The molecule has 8 nitrogen and oxygen atoms in total. The molecule has 0 aromatic heterocycles. The number of hydrogen-bond acceptors (Lipinski definition) is 8. The summed E-state index contributed by atoms with van der Waals surface area (Å²) in [6.07, 6.45) is 0. The highest BCUT2D eigenvalue weighted by molar-refractivity contribution is 6.40. The number of ether oxygens (including phenoxy) is 4. The molecule has 0 radical (unpaired) electrons. The minimum Gasteiger partial charge on any atom is -0.497 e. The van der Waals surface area contributed by atoms with Gasteiger partial charge in [0, 0.05) is 6.07 Å². The molecule has 0 spiro atoms. The van der Waals surface area contributed by atoms with Crippen molar-refractivity contribution >= 4 is 23.5 Å². The maximum absolute atomic E-state index is 12.2. The molecule has 0 bridgehead atoms. The van der Waals surface area contributed by atoms with Crippen LogP contribution in [0.4, 0.5) is 0 Å². The number of esters is 2. The zero-order valence-corrected chi connectivity index (χ0v) is 14.0. The number of Topliss-reactive ketones (excluding diaryl/α,β-unsaturated/α-hetero) is 2. The fraction of sp³-hybridized carbons (Fsp3) is 0.375. The number of carbonyl (C=O) groups excluding carboxylic acids is 4. The van der Waals surface area contributed by atoms with Gasteiger partial charge in [-0.15, -0.1) is 0 Å². The van der Waals surface area contributed by atoms with Crippen molar-refractivity contribution in [3.8, 4) is 11.5 Å². The first-order valence-corrected chi connectivity index (χ1v) is 6.79. The van der Waals surface area contributed by atoms with E-state index in [1.807, 2.05) is 0 Å². The van der Waals surface area contributed by atoms with Crippen LogP contribution < -0.4 is 9.47 Å². The van der Waals surface area contributed by atoms with Crippen molar-refractivity contribution in [1.29, 1.82) is 0 Å². The molecule has 0 heterocycles. The van der Waals surface area contributed by atoms with E-state index >= 15 is 0 Å². The fourth-order valence-corrected chi connectivity index (χ4v) is 2.20. The molecule has 0 saturated heterocycles. The molecule has 0 N–H and O–H groups in total. The van der Waals surface area contributed by atoms with E-state index in [0.717, 1.165) is 21.1 Å². The lowest BCUT2D eigenvalue weighted by atomic mass is 9.87. The second-order valence-corrected chi connectivity index (χ2v) is 4.68. The normalized spacial score (nSPS) is 11.2. The van der Waals surface area contributed by atoms with Crippen molar-refractivity contribution < 1.29 is 38.1 Å². The molecule has 0 aliphatic carbocycles. The molecule has 1 atom stereocenters. The Morgan fingerprint density at radius 3 is 1.96 bits per heavy atom. The van der Waals surface area contributed by atoms with Crippen molar-refractivity contribution in [2.24, 2.45) is 0 Å². The Kier molecular flexibility index (Phi) is 6.46. The van der Waals surface area contributed by atoms with Crippen molar-refractivity contribution in [2.75, 3.05) is 28.4 Å². The largest absolute Gasteiger partial charge is 0.497 e. The molecule has 0 aliphatic rings. The summed E-state index contributed by atoms with van der Waals surface area (Å²) in [5.74, 6) is -5.05. The van der Waals surface area contributed by atoms with Crippen LogP contribution in [0, 0.1) is 0 Å². The Morgan fingerprint density at radius 2 is 1.54 bits per heavy atom. The summed E-state index contributed by atoms with van der Waals surface area (Å²) in [7, 11) is 4.82. The first-order valence-electron chi connectivity index (χ1n) is 6.79. The molecule has 0 fully saturated rings. The van der Waals surface area contributed by atoms with Gasteiger partial charge in [-0.05, 0) is 18.6 Å². The molecule has 1 rings (SSSR count). The van der Waals surface area contributed by atoms with Crippen LogP contribution in [0.15, 0.2) is 12.1 Å².